The lowest BCUT2D eigenvalue weighted by Crippen LogP contribution is -2.80. The molecule has 5 fully saturated rings. The number of anilines is 1. The number of hydrazine groups is 1. The number of benzene rings is 1. The van der Waals surface area contributed by atoms with Gasteiger partial charge >= 0.3 is 0 Å². The molecule has 0 atom stereocenters. The number of phenols is 1. The van der Waals surface area contributed by atoms with Crippen molar-refractivity contribution in [2.75, 3.05) is 5.01 Å². The van der Waals surface area contributed by atoms with E-state index in [0.29, 0.717) is 17.9 Å². The second-order valence-corrected chi connectivity index (χ2v) is 8.96. The molecule has 5 aliphatic rings. The minimum absolute atomic E-state index is 0.239. The first kappa shape index (κ1) is 14.6. The van der Waals surface area contributed by atoms with Gasteiger partial charge in [0, 0.05) is 6.07 Å². The summed E-state index contributed by atoms with van der Waals surface area (Å²) in [5.41, 5.74) is 0.399. The van der Waals surface area contributed by atoms with Crippen LogP contribution in [0.25, 0.3) is 0 Å². The van der Waals surface area contributed by atoms with Crippen molar-refractivity contribution in [3.63, 3.8) is 0 Å². The molecule has 4 saturated carbocycles. The molecule has 0 unspecified atom stereocenters. The van der Waals surface area contributed by atoms with Crippen molar-refractivity contribution < 1.29 is 9.90 Å². The van der Waals surface area contributed by atoms with Crippen LogP contribution in [0.1, 0.15) is 46.0 Å². The fourth-order valence-electron chi connectivity index (χ4n) is 6.32. The first-order valence-corrected chi connectivity index (χ1v) is 9.38. The molecule has 6 rings (SSSR count). The molecule has 128 valence electrons. The van der Waals surface area contributed by atoms with Crippen molar-refractivity contribution in [1.29, 1.82) is 0 Å². The molecular formula is C20H26N2O2. The summed E-state index contributed by atoms with van der Waals surface area (Å²) in [5, 5.41) is 14.1. The largest absolute Gasteiger partial charge is 0.508 e. The fourth-order valence-corrected chi connectivity index (χ4v) is 6.32. The topological polar surface area (TPSA) is 43.8 Å². The van der Waals surface area contributed by atoms with Gasteiger partial charge in [0.25, 0.3) is 5.91 Å². The zero-order valence-corrected chi connectivity index (χ0v) is 14.5. The summed E-state index contributed by atoms with van der Waals surface area (Å²) in [7, 11) is 0. The Morgan fingerprint density at radius 1 is 1.04 bits per heavy atom. The summed E-state index contributed by atoms with van der Waals surface area (Å²) in [6, 6.07) is 7.68. The molecule has 0 radical (unpaired) electrons. The van der Waals surface area contributed by atoms with Gasteiger partial charge < -0.3 is 5.11 Å². The van der Waals surface area contributed by atoms with Crippen molar-refractivity contribution in [1.82, 2.24) is 5.01 Å². The Balaban J connectivity index is 1.51. The predicted octanol–water partition coefficient (Wildman–Crippen LogP) is 3.56. The summed E-state index contributed by atoms with van der Waals surface area (Å²) < 4.78 is 0. The van der Waals surface area contributed by atoms with Gasteiger partial charge in [0.05, 0.1) is 11.7 Å². The van der Waals surface area contributed by atoms with Crippen molar-refractivity contribution >= 4 is 11.6 Å². The van der Waals surface area contributed by atoms with Gasteiger partial charge in [-0.2, -0.15) is 0 Å². The number of amides is 1. The highest BCUT2D eigenvalue weighted by atomic mass is 16.3. The van der Waals surface area contributed by atoms with E-state index in [0.717, 1.165) is 17.5 Å². The molecule has 4 bridgehead atoms. The Labute approximate surface area is 143 Å². The minimum Gasteiger partial charge on any atom is -0.508 e. The smallest absolute Gasteiger partial charge is 0.268 e. The molecule has 1 saturated heterocycles. The van der Waals surface area contributed by atoms with E-state index in [2.05, 4.69) is 10.0 Å². The molecule has 1 aliphatic heterocycles. The third-order valence-corrected chi connectivity index (χ3v) is 7.01. The van der Waals surface area contributed by atoms with E-state index in [1.807, 2.05) is 26.0 Å². The Morgan fingerprint density at radius 3 is 2.25 bits per heavy atom. The highest BCUT2D eigenvalue weighted by Gasteiger charge is 2.61. The Bertz CT molecular complexity index is 671. The van der Waals surface area contributed by atoms with Gasteiger partial charge in [-0.1, -0.05) is 6.07 Å². The summed E-state index contributed by atoms with van der Waals surface area (Å²) in [4.78, 5) is 13.0. The molecule has 24 heavy (non-hydrogen) atoms. The van der Waals surface area contributed by atoms with E-state index in [4.69, 9.17) is 0 Å². The maximum absolute atomic E-state index is 13.0. The van der Waals surface area contributed by atoms with Crippen molar-refractivity contribution in [2.45, 2.75) is 57.5 Å². The lowest BCUT2D eigenvalue weighted by atomic mass is 9.53. The molecule has 1 heterocycles. The summed E-state index contributed by atoms with van der Waals surface area (Å²) in [6.45, 7) is 3.98. The Hall–Kier alpha value is -1.71. The molecular weight excluding hydrogens is 300 g/mol. The number of carbonyl (C=O) groups excluding carboxylic acids is 1. The van der Waals surface area contributed by atoms with Gasteiger partial charge in [0.1, 0.15) is 11.3 Å². The average Bonchev–Trinajstić information content (AvgIpc) is 2.52. The number of phenolic OH excluding ortho intramolecular Hbond substituents is 1. The molecule has 4 heteroatoms. The zero-order valence-electron chi connectivity index (χ0n) is 14.5. The lowest BCUT2D eigenvalue weighted by molar-refractivity contribution is -0.170. The van der Waals surface area contributed by atoms with E-state index in [-0.39, 0.29) is 11.7 Å². The molecule has 0 spiro atoms. The number of rotatable bonds is 2. The third-order valence-electron chi connectivity index (χ3n) is 7.01. The maximum Gasteiger partial charge on any atom is 0.268 e. The maximum atomic E-state index is 13.0. The van der Waals surface area contributed by atoms with E-state index in [9.17, 15) is 9.90 Å². The van der Waals surface area contributed by atoms with Crippen LogP contribution >= 0.6 is 0 Å². The van der Waals surface area contributed by atoms with E-state index in [1.165, 1.54) is 32.1 Å². The standard InChI is InChI=1S/C20H26N2O2/c1-20(2)19(24)21(22(20)16-4-3-5-17(23)11-16)18-14-7-12-6-13(9-14)10-15(18)8-12/h3-5,11-15,18,23H,6-10H2,1-2H3. The van der Waals surface area contributed by atoms with Crippen molar-refractivity contribution in [3.8, 4) is 5.75 Å². The number of nitrogens with zero attached hydrogens (tertiary/aromatic N) is 2. The van der Waals surface area contributed by atoms with Gasteiger partial charge in [0.2, 0.25) is 0 Å². The van der Waals surface area contributed by atoms with Crippen LogP contribution in [0, 0.1) is 23.7 Å². The molecule has 4 nitrogen and oxygen atoms in total. The minimum atomic E-state index is -0.525. The highest BCUT2D eigenvalue weighted by molar-refractivity contribution is 5.98. The van der Waals surface area contributed by atoms with Crippen LogP contribution in [-0.4, -0.2) is 27.6 Å². The van der Waals surface area contributed by atoms with Crippen LogP contribution in [0.4, 0.5) is 5.69 Å². The van der Waals surface area contributed by atoms with Gasteiger partial charge in [-0.3, -0.25) is 9.80 Å². The fraction of sp³-hybridized carbons (Fsp3) is 0.650. The van der Waals surface area contributed by atoms with Crippen LogP contribution in [0.5, 0.6) is 5.75 Å². The number of carbonyl (C=O) groups is 1. The second kappa shape index (κ2) is 4.68. The molecule has 1 aromatic rings. The monoisotopic (exact) mass is 326 g/mol. The van der Waals surface area contributed by atoms with Crippen LogP contribution < -0.4 is 5.01 Å². The van der Waals surface area contributed by atoms with E-state index < -0.39 is 5.54 Å². The summed E-state index contributed by atoms with van der Waals surface area (Å²) in [5.74, 6) is 3.64. The predicted molar refractivity (Wildman–Crippen MR) is 92.3 cm³/mol. The molecule has 1 aromatic carbocycles. The highest BCUT2D eigenvalue weighted by Crippen LogP contribution is 2.57. The molecule has 1 amide bonds. The Morgan fingerprint density at radius 2 is 1.67 bits per heavy atom. The SMILES string of the molecule is CC1(C)C(=O)N(C2C3CC4CC(C3)CC2C4)N1c1cccc(O)c1. The normalized spacial score (nSPS) is 39.2. The van der Waals surface area contributed by atoms with Gasteiger partial charge in [-0.25, -0.2) is 5.01 Å². The summed E-state index contributed by atoms with van der Waals surface area (Å²) >= 11 is 0. The van der Waals surface area contributed by atoms with Crippen LogP contribution in [0.2, 0.25) is 0 Å². The Kier molecular flexibility index (Phi) is 2.85. The second-order valence-electron chi connectivity index (χ2n) is 8.96. The third kappa shape index (κ3) is 1.83. The molecule has 4 aliphatic carbocycles. The first-order chi connectivity index (χ1) is 11.4. The van der Waals surface area contributed by atoms with E-state index >= 15 is 0 Å². The molecule has 0 aromatic heterocycles. The van der Waals surface area contributed by atoms with Gasteiger partial charge in [0.15, 0.2) is 0 Å². The van der Waals surface area contributed by atoms with Gasteiger partial charge in [-0.05, 0) is 81.8 Å². The first-order valence-electron chi connectivity index (χ1n) is 9.38. The lowest BCUT2D eigenvalue weighted by Gasteiger charge is -2.65. The van der Waals surface area contributed by atoms with Crippen molar-refractivity contribution in [2.24, 2.45) is 23.7 Å². The average molecular weight is 326 g/mol. The quantitative estimate of drug-likeness (QED) is 0.904. The molecule has 1 N–H and O–H groups in total. The van der Waals surface area contributed by atoms with Crippen LogP contribution in [0.15, 0.2) is 24.3 Å². The van der Waals surface area contributed by atoms with Crippen molar-refractivity contribution in [3.05, 3.63) is 24.3 Å². The summed E-state index contributed by atoms with van der Waals surface area (Å²) in [6.07, 6.45) is 6.63. The number of hydrogen-bond acceptors (Lipinski definition) is 3. The number of hydrogen-bond donors (Lipinski definition) is 1. The van der Waals surface area contributed by atoms with Crippen LogP contribution in [-0.2, 0) is 4.79 Å². The number of aromatic hydroxyl groups is 1. The van der Waals surface area contributed by atoms with Crippen LogP contribution in [0.3, 0.4) is 0 Å². The zero-order chi connectivity index (χ0) is 16.6. The van der Waals surface area contributed by atoms with Gasteiger partial charge in [-0.15, -0.1) is 0 Å². The van der Waals surface area contributed by atoms with E-state index in [1.54, 1.807) is 12.1 Å².